The molecule has 1 fully saturated rings. The normalized spacial score (nSPS) is 24.7. The van der Waals surface area contributed by atoms with Gasteiger partial charge in [0.2, 0.25) is 5.91 Å². The summed E-state index contributed by atoms with van der Waals surface area (Å²) < 4.78 is 0. The average molecular weight is 276 g/mol. The van der Waals surface area contributed by atoms with E-state index in [4.69, 9.17) is 5.73 Å². The van der Waals surface area contributed by atoms with Crippen LogP contribution in [0.1, 0.15) is 37.7 Å². The predicted molar refractivity (Wildman–Crippen MR) is 79.1 cm³/mol. The summed E-state index contributed by atoms with van der Waals surface area (Å²) in [7, 11) is 0. The van der Waals surface area contributed by atoms with E-state index in [2.05, 4.69) is 5.32 Å². The van der Waals surface area contributed by atoms with Crippen LogP contribution in [0.5, 0.6) is 0 Å². The Labute approximate surface area is 120 Å². The molecule has 1 amide bonds. The fraction of sp³-hybridized carbons (Fsp3) is 0.562. The number of hydrogen-bond donors (Lipinski definition) is 3. The molecule has 0 spiro atoms. The zero-order valence-electron chi connectivity index (χ0n) is 11.8. The van der Waals surface area contributed by atoms with E-state index in [0.717, 1.165) is 37.7 Å². The molecule has 0 aromatic heterocycles. The summed E-state index contributed by atoms with van der Waals surface area (Å²) in [5, 5.41) is 12.9. The summed E-state index contributed by atoms with van der Waals surface area (Å²) >= 11 is 0. The Balaban J connectivity index is 1.87. The van der Waals surface area contributed by atoms with Gasteiger partial charge in [-0.05, 0) is 24.8 Å². The fourth-order valence-corrected chi connectivity index (χ4v) is 2.71. The lowest BCUT2D eigenvalue weighted by Crippen LogP contribution is -2.50. The summed E-state index contributed by atoms with van der Waals surface area (Å²) in [6.45, 7) is 0. The molecule has 0 saturated heterocycles. The van der Waals surface area contributed by atoms with Crippen molar-refractivity contribution < 1.29 is 9.90 Å². The van der Waals surface area contributed by atoms with Gasteiger partial charge in [0.25, 0.3) is 0 Å². The van der Waals surface area contributed by atoms with Gasteiger partial charge in [0, 0.05) is 0 Å². The molecule has 0 aliphatic heterocycles. The third-order valence-corrected chi connectivity index (χ3v) is 3.94. The number of benzene rings is 1. The maximum atomic E-state index is 12.1. The molecule has 0 bridgehead atoms. The van der Waals surface area contributed by atoms with E-state index in [-0.39, 0.29) is 11.9 Å². The van der Waals surface area contributed by atoms with Crippen LogP contribution in [-0.4, -0.2) is 29.2 Å². The second kappa shape index (κ2) is 7.41. The Morgan fingerprint density at radius 1 is 1.25 bits per heavy atom. The highest BCUT2D eigenvalue weighted by Crippen LogP contribution is 2.18. The molecule has 0 radical (unpaired) electrons. The van der Waals surface area contributed by atoms with Gasteiger partial charge in [-0.2, -0.15) is 0 Å². The van der Waals surface area contributed by atoms with E-state index < -0.39 is 12.1 Å². The first-order valence-corrected chi connectivity index (χ1v) is 7.45. The van der Waals surface area contributed by atoms with Gasteiger partial charge in [-0.3, -0.25) is 4.79 Å². The number of nitrogens with two attached hydrogens (primary N) is 1. The van der Waals surface area contributed by atoms with Gasteiger partial charge in [-0.25, -0.2) is 0 Å². The largest absolute Gasteiger partial charge is 0.391 e. The summed E-state index contributed by atoms with van der Waals surface area (Å²) in [6.07, 6.45) is 4.89. The van der Waals surface area contributed by atoms with Crippen molar-refractivity contribution in [2.24, 2.45) is 5.73 Å². The minimum atomic E-state index is -0.562. The molecular weight excluding hydrogens is 252 g/mol. The standard InChI is InChI=1S/C16H24N2O2/c17-13(11-12-7-3-1-4-8-12)16(20)18-14-9-5-2-6-10-15(14)19/h1,3-4,7-8,13-15,19H,2,5-6,9-11,17H2,(H,18,20). The molecule has 3 unspecified atom stereocenters. The first-order valence-electron chi connectivity index (χ1n) is 7.45. The van der Waals surface area contributed by atoms with Crippen LogP contribution >= 0.6 is 0 Å². The topological polar surface area (TPSA) is 75.4 Å². The summed E-state index contributed by atoms with van der Waals surface area (Å²) in [4.78, 5) is 12.1. The lowest BCUT2D eigenvalue weighted by Gasteiger charge is -2.23. The third kappa shape index (κ3) is 4.32. The Morgan fingerprint density at radius 2 is 1.95 bits per heavy atom. The van der Waals surface area contributed by atoms with Crippen LogP contribution in [0.3, 0.4) is 0 Å². The van der Waals surface area contributed by atoms with Gasteiger partial charge in [-0.1, -0.05) is 49.6 Å². The number of hydrogen-bond acceptors (Lipinski definition) is 3. The van der Waals surface area contributed by atoms with Crippen LogP contribution in [0.4, 0.5) is 0 Å². The highest BCUT2D eigenvalue weighted by Gasteiger charge is 2.25. The number of carbonyl (C=O) groups excluding carboxylic acids is 1. The summed E-state index contributed by atoms with van der Waals surface area (Å²) in [5.74, 6) is -0.167. The van der Waals surface area contributed by atoms with Gasteiger partial charge in [0.1, 0.15) is 0 Å². The minimum Gasteiger partial charge on any atom is -0.391 e. The zero-order chi connectivity index (χ0) is 14.4. The van der Waals surface area contributed by atoms with E-state index in [9.17, 15) is 9.90 Å². The second-order valence-corrected chi connectivity index (χ2v) is 5.62. The average Bonchev–Trinajstić information content (AvgIpc) is 2.65. The van der Waals surface area contributed by atoms with Crippen molar-refractivity contribution in [2.45, 2.75) is 56.7 Å². The van der Waals surface area contributed by atoms with E-state index in [1.165, 1.54) is 0 Å². The first-order chi connectivity index (χ1) is 9.66. The van der Waals surface area contributed by atoms with Crippen molar-refractivity contribution in [3.8, 4) is 0 Å². The van der Waals surface area contributed by atoms with Crippen molar-refractivity contribution in [3.05, 3.63) is 35.9 Å². The zero-order valence-corrected chi connectivity index (χ0v) is 11.8. The van der Waals surface area contributed by atoms with Crippen molar-refractivity contribution >= 4 is 5.91 Å². The van der Waals surface area contributed by atoms with E-state index >= 15 is 0 Å². The van der Waals surface area contributed by atoms with Crippen LogP contribution in [-0.2, 0) is 11.2 Å². The van der Waals surface area contributed by atoms with Gasteiger partial charge in [-0.15, -0.1) is 0 Å². The molecule has 3 atom stereocenters. The minimum absolute atomic E-state index is 0.146. The lowest BCUT2D eigenvalue weighted by molar-refractivity contribution is -0.124. The second-order valence-electron chi connectivity index (χ2n) is 5.62. The number of nitrogens with one attached hydrogen (secondary N) is 1. The highest BCUT2D eigenvalue weighted by molar-refractivity contribution is 5.82. The van der Waals surface area contributed by atoms with E-state index in [1.54, 1.807) is 0 Å². The van der Waals surface area contributed by atoms with Gasteiger partial charge in [0.05, 0.1) is 18.2 Å². The number of aliphatic hydroxyl groups is 1. The van der Waals surface area contributed by atoms with Crippen molar-refractivity contribution in [3.63, 3.8) is 0 Å². The Morgan fingerprint density at radius 3 is 2.70 bits per heavy atom. The van der Waals surface area contributed by atoms with Gasteiger partial charge in [0.15, 0.2) is 0 Å². The molecule has 1 saturated carbocycles. The summed E-state index contributed by atoms with van der Waals surface area (Å²) in [5.41, 5.74) is 7.01. The van der Waals surface area contributed by atoms with Gasteiger partial charge >= 0.3 is 0 Å². The molecule has 1 aromatic rings. The molecule has 110 valence electrons. The van der Waals surface area contributed by atoms with E-state index in [1.807, 2.05) is 30.3 Å². The quantitative estimate of drug-likeness (QED) is 0.727. The molecular formula is C16H24N2O2. The molecule has 2 rings (SSSR count). The maximum Gasteiger partial charge on any atom is 0.237 e. The molecule has 4 heteroatoms. The van der Waals surface area contributed by atoms with Crippen LogP contribution in [0.2, 0.25) is 0 Å². The Hall–Kier alpha value is -1.39. The Bertz CT molecular complexity index is 422. The molecule has 20 heavy (non-hydrogen) atoms. The van der Waals surface area contributed by atoms with Crippen LogP contribution in [0, 0.1) is 0 Å². The Kier molecular flexibility index (Phi) is 5.56. The third-order valence-electron chi connectivity index (χ3n) is 3.94. The molecule has 4 nitrogen and oxygen atoms in total. The predicted octanol–water partition coefficient (Wildman–Crippen LogP) is 1.37. The summed E-state index contributed by atoms with van der Waals surface area (Å²) in [6, 6.07) is 9.04. The molecule has 1 aliphatic rings. The fourth-order valence-electron chi connectivity index (χ4n) is 2.71. The number of aliphatic hydroxyl groups excluding tert-OH is 1. The number of amides is 1. The number of carbonyl (C=O) groups is 1. The van der Waals surface area contributed by atoms with Crippen LogP contribution < -0.4 is 11.1 Å². The maximum absolute atomic E-state index is 12.1. The van der Waals surface area contributed by atoms with Crippen LogP contribution in [0.25, 0.3) is 0 Å². The van der Waals surface area contributed by atoms with Crippen LogP contribution in [0.15, 0.2) is 30.3 Å². The van der Waals surface area contributed by atoms with E-state index in [0.29, 0.717) is 6.42 Å². The highest BCUT2D eigenvalue weighted by atomic mass is 16.3. The van der Waals surface area contributed by atoms with Crippen molar-refractivity contribution in [1.29, 1.82) is 0 Å². The number of rotatable bonds is 4. The van der Waals surface area contributed by atoms with Crippen molar-refractivity contribution in [1.82, 2.24) is 5.32 Å². The first kappa shape index (κ1) is 15.0. The lowest BCUT2D eigenvalue weighted by atomic mass is 10.0. The smallest absolute Gasteiger partial charge is 0.237 e. The molecule has 4 N–H and O–H groups in total. The van der Waals surface area contributed by atoms with Gasteiger partial charge < -0.3 is 16.2 Å². The monoisotopic (exact) mass is 276 g/mol. The van der Waals surface area contributed by atoms with Crippen molar-refractivity contribution in [2.75, 3.05) is 0 Å². The molecule has 1 aliphatic carbocycles. The molecule has 1 aromatic carbocycles. The molecule has 0 heterocycles. The SMILES string of the molecule is NC(Cc1ccccc1)C(=O)NC1CCCCCC1O.